The summed E-state index contributed by atoms with van der Waals surface area (Å²) in [6.45, 7) is 2.58. The van der Waals surface area contributed by atoms with Gasteiger partial charge in [-0.05, 0) is 31.0 Å². The maximum Gasteiger partial charge on any atom is 0.214 e. The topological polar surface area (TPSA) is 57.6 Å². The number of aliphatic hydroxyl groups is 1. The van der Waals surface area contributed by atoms with Gasteiger partial charge >= 0.3 is 0 Å². The highest BCUT2D eigenvalue weighted by atomic mass is 32.2. The standard InChI is InChI=1S/C15H19NO3S/c1-13(16-10-4-12-20(16,18)19)15-8-6-14(7-9-15)5-2-3-11-17/h6-9,13,17H,3-4,10-12H2,1H3. The lowest BCUT2D eigenvalue weighted by atomic mass is 10.1. The molecule has 1 unspecified atom stereocenters. The molecule has 1 fully saturated rings. The van der Waals surface area contributed by atoms with Crippen molar-refractivity contribution < 1.29 is 13.5 Å². The van der Waals surface area contributed by atoms with Crippen molar-refractivity contribution in [3.05, 3.63) is 35.4 Å². The molecule has 20 heavy (non-hydrogen) atoms. The van der Waals surface area contributed by atoms with E-state index in [-0.39, 0.29) is 18.4 Å². The average molecular weight is 293 g/mol. The third-order valence-electron chi connectivity index (χ3n) is 3.43. The fourth-order valence-corrected chi connectivity index (χ4v) is 4.06. The summed E-state index contributed by atoms with van der Waals surface area (Å²) in [6.07, 6.45) is 1.17. The molecule has 4 nitrogen and oxygen atoms in total. The van der Waals surface area contributed by atoms with E-state index < -0.39 is 10.0 Å². The van der Waals surface area contributed by atoms with Crippen molar-refractivity contribution in [2.45, 2.75) is 25.8 Å². The van der Waals surface area contributed by atoms with Gasteiger partial charge in [-0.2, -0.15) is 4.31 Å². The number of hydrogen-bond donors (Lipinski definition) is 1. The fraction of sp³-hybridized carbons (Fsp3) is 0.467. The molecule has 0 amide bonds. The number of benzene rings is 1. The van der Waals surface area contributed by atoms with Gasteiger partial charge in [-0.25, -0.2) is 8.42 Å². The lowest BCUT2D eigenvalue weighted by Crippen LogP contribution is -2.28. The van der Waals surface area contributed by atoms with E-state index in [1.165, 1.54) is 0 Å². The van der Waals surface area contributed by atoms with Crippen LogP contribution in [0.1, 0.15) is 36.9 Å². The van der Waals surface area contributed by atoms with Crippen LogP contribution in [0.15, 0.2) is 24.3 Å². The Hall–Kier alpha value is -1.35. The quantitative estimate of drug-likeness (QED) is 0.860. The Morgan fingerprint density at radius 2 is 2.05 bits per heavy atom. The van der Waals surface area contributed by atoms with E-state index in [0.29, 0.717) is 19.4 Å². The Morgan fingerprint density at radius 3 is 2.60 bits per heavy atom. The van der Waals surface area contributed by atoms with E-state index in [2.05, 4.69) is 11.8 Å². The summed E-state index contributed by atoms with van der Waals surface area (Å²) < 4.78 is 25.4. The highest BCUT2D eigenvalue weighted by Gasteiger charge is 2.32. The van der Waals surface area contributed by atoms with Gasteiger partial charge in [0.2, 0.25) is 10.0 Å². The molecule has 1 N–H and O–H groups in total. The fourth-order valence-electron chi connectivity index (χ4n) is 2.33. The van der Waals surface area contributed by atoms with E-state index in [4.69, 9.17) is 5.11 Å². The second-order valence-electron chi connectivity index (χ2n) is 4.85. The summed E-state index contributed by atoms with van der Waals surface area (Å²) in [5.41, 5.74) is 1.85. The Bertz CT molecular complexity index is 611. The molecule has 0 spiro atoms. The maximum atomic E-state index is 11.9. The minimum absolute atomic E-state index is 0.0644. The van der Waals surface area contributed by atoms with E-state index in [9.17, 15) is 8.42 Å². The number of hydrogen-bond acceptors (Lipinski definition) is 3. The number of aliphatic hydroxyl groups excluding tert-OH is 1. The minimum Gasteiger partial charge on any atom is -0.395 e. The zero-order chi connectivity index (χ0) is 14.6. The van der Waals surface area contributed by atoms with Gasteiger partial charge in [-0.3, -0.25) is 0 Å². The van der Waals surface area contributed by atoms with Crippen LogP contribution in [0.4, 0.5) is 0 Å². The van der Waals surface area contributed by atoms with Gasteiger partial charge in [0.05, 0.1) is 12.4 Å². The van der Waals surface area contributed by atoms with E-state index in [1.807, 2.05) is 31.2 Å². The molecular weight excluding hydrogens is 274 g/mol. The van der Waals surface area contributed by atoms with Gasteiger partial charge in [0.25, 0.3) is 0 Å². The molecule has 0 bridgehead atoms. The van der Waals surface area contributed by atoms with E-state index in [1.54, 1.807) is 4.31 Å². The van der Waals surface area contributed by atoms with Crippen molar-refractivity contribution in [1.29, 1.82) is 0 Å². The molecule has 0 aromatic heterocycles. The number of rotatable bonds is 3. The molecule has 1 aromatic carbocycles. The van der Waals surface area contributed by atoms with Gasteiger partial charge in [0.1, 0.15) is 0 Å². The van der Waals surface area contributed by atoms with Crippen LogP contribution in [0.2, 0.25) is 0 Å². The number of sulfonamides is 1. The second-order valence-corrected chi connectivity index (χ2v) is 6.89. The third-order valence-corrected chi connectivity index (χ3v) is 5.45. The first-order chi connectivity index (χ1) is 9.54. The molecule has 108 valence electrons. The van der Waals surface area contributed by atoms with Crippen LogP contribution in [0.3, 0.4) is 0 Å². The molecule has 1 heterocycles. The van der Waals surface area contributed by atoms with E-state index >= 15 is 0 Å². The lowest BCUT2D eigenvalue weighted by Gasteiger charge is -2.23. The van der Waals surface area contributed by atoms with Gasteiger partial charge in [-0.15, -0.1) is 0 Å². The van der Waals surface area contributed by atoms with Crippen molar-refractivity contribution in [2.24, 2.45) is 0 Å². The normalized spacial score (nSPS) is 19.3. The Labute approximate surface area is 120 Å². The highest BCUT2D eigenvalue weighted by molar-refractivity contribution is 7.89. The largest absolute Gasteiger partial charge is 0.395 e. The minimum atomic E-state index is -3.08. The Balaban J connectivity index is 2.12. The first-order valence-electron chi connectivity index (χ1n) is 6.74. The summed E-state index contributed by atoms with van der Waals surface area (Å²) in [7, 11) is -3.08. The average Bonchev–Trinajstić information content (AvgIpc) is 2.79. The molecule has 1 aliphatic rings. The predicted octanol–water partition coefficient (Wildman–Crippen LogP) is 1.52. The molecule has 1 aliphatic heterocycles. The molecule has 5 heteroatoms. The van der Waals surface area contributed by atoms with E-state index in [0.717, 1.165) is 11.1 Å². The summed E-state index contributed by atoms with van der Waals surface area (Å²) in [5, 5.41) is 8.67. The van der Waals surface area contributed by atoms with Crippen LogP contribution >= 0.6 is 0 Å². The summed E-state index contributed by atoms with van der Waals surface area (Å²) in [5.74, 6) is 6.07. The van der Waals surface area contributed by atoms with Crippen molar-refractivity contribution in [1.82, 2.24) is 4.31 Å². The summed E-state index contributed by atoms with van der Waals surface area (Å²) >= 11 is 0. The SMILES string of the molecule is CC(c1ccc(C#CCCO)cc1)N1CCCS1(=O)=O. The molecule has 1 aromatic rings. The highest BCUT2D eigenvalue weighted by Crippen LogP contribution is 2.27. The van der Waals surface area contributed by atoms with Gasteiger partial charge in [-0.1, -0.05) is 24.0 Å². The van der Waals surface area contributed by atoms with Crippen molar-refractivity contribution >= 4 is 10.0 Å². The van der Waals surface area contributed by atoms with Gasteiger partial charge in [0, 0.05) is 24.6 Å². The predicted molar refractivity (Wildman–Crippen MR) is 78.5 cm³/mol. The third kappa shape index (κ3) is 3.40. The second kappa shape index (κ2) is 6.40. The molecule has 1 saturated heterocycles. The van der Waals surface area contributed by atoms with Crippen LogP contribution in [0.25, 0.3) is 0 Å². The summed E-state index contributed by atoms with van der Waals surface area (Å²) in [4.78, 5) is 0. The van der Waals surface area contributed by atoms with Gasteiger partial charge < -0.3 is 5.11 Å². The molecule has 1 atom stereocenters. The molecular formula is C15H19NO3S. The van der Waals surface area contributed by atoms with Crippen LogP contribution in [-0.4, -0.2) is 36.7 Å². The van der Waals surface area contributed by atoms with Gasteiger partial charge in [0.15, 0.2) is 0 Å². The van der Waals surface area contributed by atoms with Crippen LogP contribution in [0, 0.1) is 11.8 Å². The van der Waals surface area contributed by atoms with Crippen LogP contribution in [-0.2, 0) is 10.0 Å². The molecule has 0 saturated carbocycles. The molecule has 2 rings (SSSR count). The van der Waals surface area contributed by atoms with Crippen LogP contribution < -0.4 is 0 Å². The molecule has 0 aliphatic carbocycles. The summed E-state index contributed by atoms with van der Waals surface area (Å²) in [6, 6.07) is 7.47. The first kappa shape index (κ1) is 15.0. The zero-order valence-electron chi connectivity index (χ0n) is 11.5. The Morgan fingerprint density at radius 1 is 1.35 bits per heavy atom. The van der Waals surface area contributed by atoms with Crippen molar-refractivity contribution in [3.8, 4) is 11.8 Å². The smallest absolute Gasteiger partial charge is 0.214 e. The molecule has 0 radical (unpaired) electrons. The lowest BCUT2D eigenvalue weighted by molar-refractivity contribution is 0.305. The van der Waals surface area contributed by atoms with Crippen LogP contribution in [0.5, 0.6) is 0 Å². The monoisotopic (exact) mass is 293 g/mol. The maximum absolute atomic E-state index is 11.9. The number of nitrogens with zero attached hydrogens (tertiary/aromatic N) is 1. The van der Waals surface area contributed by atoms with Crippen molar-refractivity contribution in [3.63, 3.8) is 0 Å². The first-order valence-corrected chi connectivity index (χ1v) is 8.35. The zero-order valence-corrected chi connectivity index (χ0v) is 12.4. The Kier molecular flexibility index (Phi) is 4.81. The van der Waals surface area contributed by atoms with Crippen molar-refractivity contribution in [2.75, 3.05) is 18.9 Å².